The highest BCUT2D eigenvalue weighted by Crippen LogP contribution is 2.23. The van der Waals surface area contributed by atoms with Gasteiger partial charge >= 0.3 is 0 Å². The van der Waals surface area contributed by atoms with Crippen molar-refractivity contribution in [2.45, 2.75) is 26.4 Å². The quantitative estimate of drug-likeness (QED) is 0.912. The van der Waals surface area contributed by atoms with Crippen molar-refractivity contribution in [3.63, 3.8) is 0 Å². The van der Waals surface area contributed by atoms with Crippen LogP contribution < -0.4 is 0 Å². The zero-order valence-electron chi connectivity index (χ0n) is 10.7. The average molecular weight is 312 g/mol. The molecule has 0 radical (unpaired) electrons. The van der Waals surface area contributed by atoms with Crippen LogP contribution in [0, 0.1) is 12.8 Å². The van der Waals surface area contributed by atoms with Crippen molar-refractivity contribution < 1.29 is 9.90 Å². The third-order valence-corrected chi connectivity index (χ3v) is 3.94. The number of amides is 1. The first kappa shape index (κ1) is 13.6. The first-order valence-corrected chi connectivity index (χ1v) is 7.01. The molecule has 2 rings (SSSR count). The van der Waals surface area contributed by atoms with E-state index in [1.165, 1.54) is 0 Å². The van der Waals surface area contributed by atoms with Gasteiger partial charge in [-0.15, -0.1) is 0 Å². The molecule has 1 aromatic carbocycles. The van der Waals surface area contributed by atoms with Gasteiger partial charge in [0.2, 0.25) is 0 Å². The lowest BCUT2D eigenvalue weighted by molar-refractivity contribution is 0.0762. The summed E-state index contributed by atoms with van der Waals surface area (Å²) in [5, 5.41) is 9.57. The lowest BCUT2D eigenvalue weighted by Gasteiger charge is -2.18. The predicted octanol–water partition coefficient (Wildman–Crippen LogP) is 2.60. The summed E-state index contributed by atoms with van der Waals surface area (Å²) in [7, 11) is 0. The maximum atomic E-state index is 12.3. The van der Waals surface area contributed by atoms with E-state index in [-0.39, 0.29) is 17.9 Å². The Hall–Kier alpha value is -0.870. The maximum absolute atomic E-state index is 12.3. The van der Waals surface area contributed by atoms with Gasteiger partial charge in [0.1, 0.15) is 0 Å². The van der Waals surface area contributed by atoms with Crippen LogP contribution in [0.1, 0.15) is 29.3 Å². The lowest BCUT2D eigenvalue weighted by Crippen LogP contribution is -2.30. The number of nitrogens with zero attached hydrogens (tertiary/aromatic N) is 1. The van der Waals surface area contributed by atoms with Crippen LogP contribution in [0.4, 0.5) is 0 Å². The summed E-state index contributed by atoms with van der Waals surface area (Å²) in [6.07, 6.45) is 0.545. The number of carbonyl (C=O) groups excluding carboxylic acids is 1. The summed E-state index contributed by atoms with van der Waals surface area (Å²) in [6.45, 7) is 5.16. The molecule has 1 aliphatic heterocycles. The number of hydrogen-bond donors (Lipinski definition) is 1. The van der Waals surface area contributed by atoms with E-state index in [4.69, 9.17) is 0 Å². The summed E-state index contributed by atoms with van der Waals surface area (Å²) >= 11 is 3.41. The fourth-order valence-corrected chi connectivity index (χ4v) is 3.02. The Morgan fingerprint density at radius 3 is 2.78 bits per heavy atom. The molecule has 2 unspecified atom stereocenters. The second-order valence-electron chi connectivity index (χ2n) is 5.06. The van der Waals surface area contributed by atoms with Crippen molar-refractivity contribution in [1.82, 2.24) is 4.90 Å². The second kappa shape index (κ2) is 5.41. The number of benzene rings is 1. The Labute approximate surface area is 116 Å². The molecule has 0 aliphatic carbocycles. The fourth-order valence-electron chi connectivity index (χ4n) is 2.41. The highest BCUT2D eigenvalue weighted by molar-refractivity contribution is 9.10. The average Bonchev–Trinajstić information content (AvgIpc) is 2.75. The van der Waals surface area contributed by atoms with Gasteiger partial charge in [0.15, 0.2) is 0 Å². The van der Waals surface area contributed by atoms with Crippen molar-refractivity contribution in [3.8, 4) is 0 Å². The van der Waals surface area contributed by atoms with Gasteiger partial charge in [0, 0.05) is 29.0 Å². The zero-order chi connectivity index (χ0) is 13.3. The minimum atomic E-state index is -0.341. The minimum Gasteiger partial charge on any atom is -0.393 e. The molecule has 1 aliphatic rings. The highest BCUT2D eigenvalue weighted by Gasteiger charge is 2.29. The Balaban J connectivity index is 2.12. The molecule has 4 heteroatoms. The molecule has 1 fully saturated rings. The van der Waals surface area contributed by atoms with Gasteiger partial charge in [-0.05, 0) is 44.0 Å². The number of aliphatic hydroxyl groups excluding tert-OH is 1. The van der Waals surface area contributed by atoms with Gasteiger partial charge in [-0.1, -0.05) is 15.9 Å². The Kier molecular flexibility index (Phi) is 4.07. The van der Waals surface area contributed by atoms with Gasteiger partial charge in [-0.3, -0.25) is 4.79 Å². The predicted molar refractivity (Wildman–Crippen MR) is 74.6 cm³/mol. The number of rotatable bonds is 2. The molecule has 1 N–H and O–H groups in total. The largest absolute Gasteiger partial charge is 0.393 e. The molecule has 1 saturated heterocycles. The van der Waals surface area contributed by atoms with Crippen molar-refractivity contribution in [3.05, 3.63) is 33.8 Å². The first-order chi connectivity index (χ1) is 8.47. The summed E-state index contributed by atoms with van der Waals surface area (Å²) < 4.78 is 0.928. The number of hydrogen-bond acceptors (Lipinski definition) is 2. The summed E-state index contributed by atoms with van der Waals surface area (Å²) in [6, 6.07) is 5.74. The first-order valence-electron chi connectivity index (χ1n) is 6.22. The lowest BCUT2D eigenvalue weighted by atomic mass is 10.0. The van der Waals surface area contributed by atoms with Crippen LogP contribution in [-0.4, -0.2) is 35.1 Å². The Morgan fingerprint density at radius 2 is 2.22 bits per heavy atom. The molecule has 0 aromatic heterocycles. The third kappa shape index (κ3) is 2.93. The van der Waals surface area contributed by atoms with Crippen LogP contribution >= 0.6 is 15.9 Å². The standard InChI is InChI=1S/C14H18BrNO2/c1-9-5-12(7-13(15)6-9)14(18)16-4-3-11(8-16)10(2)17/h5-7,10-11,17H,3-4,8H2,1-2H3. The van der Waals surface area contributed by atoms with Crippen LogP contribution in [0.5, 0.6) is 0 Å². The van der Waals surface area contributed by atoms with Gasteiger partial charge in [0.05, 0.1) is 6.10 Å². The molecule has 18 heavy (non-hydrogen) atoms. The number of carbonyl (C=O) groups is 1. The van der Waals surface area contributed by atoms with Crippen LogP contribution in [-0.2, 0) is 0 Å². The second-order valence-corrected chi connectivity index (χ2v) is 5.97. The van der Waals surface area contributed by atoms with Gasteiger partial charge in [0.25, 0.3) is 5.91 Å². The normalized spacial score (nSPS) is 21.1. The monoisotopic (exact) mass is 311 g/mol. The van der Waals surface area contributed by atoms with Crippen LogP contribution in [0.25, 0.3) is 0 Å². The van der Waals surface area contributed by atoms with E-state index in [2.05, 4.69) is 15.9 Å². The molecule has 1 heterocycles. The molecule has 1 amide bonds. The molecular weight excluding hydrogens is 294 g/mol. The number of aryl methyl sites for hydroxylation is 1. The molecule has 0 spiro atoms. The number of likely N-dealkylation sites (tertiary alicyclic amines) is 1. The van der Waals surface area contributed by atoms with Crippen LogP contribution in [0.2, 0.25) is 0 Å². The van der Waals surface area contributed by atoms with Crippen molar-refractivity contribution in [2.24, 2.45) is 5.92 Å². The molecule has 0 saturated carbocycles. The molecular formula is C14H18BrNO2. The third-order valence-electron chi connectivity index (χ3n) is 3.48. The van der Waals surface area contributed by atoms with Crippen molar-refractivity contribution in [1.29, 1.82) is 0 Å². The van der Waals surface area contributed by atoms with Gasteiger partial charge < -0.3 is 10.0 Å². The SMILES string of the molecule is Cc1cc(Br)cc(C(=O)N2CCC(C(C)O)C2)c1. The Bertz CT molecular complexity index is 439. The smallest absolute Gasteiger partial charge is 0.253 e. The fraction of sp³-hybridized carbons (Fsp3) is 0.500. The van der Waals surface area contributed by atoms with E-state index in [9.17, 15) is 9.90 Å². The Morgan fingerprint density at radius 1 is 1.50 bits per heavy atom. The molecule has 0 bridgehead atoms. The van der Waals surface area contributed by atoms with Gasteiger partial charge in [-0.2, -0.15) is 0 Å². The highest BCUT2D eigenvalue weighted by atomic mass is 79.9. The van der Waals surface area contributed by atoms with E-state index in [0.717, 1.165) is 23.0 Å². The van der Waals surface area contributed by atoms with E-state index < -0.39 is 0 Å². The number of aliphatic hydroxyl groups is 1. The zero-order valence-corrected chi connectivity index (χ0v) is 12.3. The minimum absolute atomic E-state index is 0.0579. The van der Waals surface area contributed by atoms with E-state index in [1.807, 2.05) is 30.0 Å². The molecule has 2 atom stereocenters. The van der Waals surface area contributed by atoms with E-state index in [1.54, 1.807) is 6.92 Å². The number of halogens is 1. The van der Waals surface area contributed by atoms with Gasteiger partial charge in [-0.25, -0.2) is 0 Å². The summed E-state index contributed by atoms with van der Waals surface area (Å²) in [5.41, 5.74) is 1.78. The van der Waals surface area contributed by atoms with E-state index in [0.29, 0.717) is 12.1 Å². The maximum Gasteiger partial charge on any atom is 0.253 e. The van der Waals surface area contributed by atoms with Crippen molar-refractivity contribution >= 4 is 21.8 Å². The molecule has 3 nitrogen and oxygen atoms in total. The van der Waals surface area contributed by atoms with Crippen LogP contribution in [0.15, 0.2) is 22.7 Å². The summed E-state index contributed by atoms with van der Waals surface area (Å²) in [4.78, 5) is 14.2. The molecule has 1 aromatic rings. The topological polar surface area (TPSA) is 40.5 Å². The van der Waals surface area contributed by atoms with E-state index >= 15 is 0 Å². The summed E-state index contributed by atoms with van der Waals surface area (Å²) in [5.74, 6) is 0.268. The van der Waals surface area contributed by atoms with Crippen LogP contribution in [0.3, 0.4) is 0 Å². The molecule has 98 valence electrons. The van der Waals surface area contributed by atoms with Crippen molar-refractivity contribution in [2.75, 3.05) is 13.1 Å².